The zero-order valence-electron chi connectivity index (χ0n) is 7.91. The van der Waals surface area contributed by atoms with E-state index in [1.54, 1.807) is 4.72 Å². The summed E-state index contributed by atoms with van der Waals surface area (Å²) in [6.45, 7) is 2.12. The molecule has 6 nitrogen and oxygen atoms in total. The number of hydrogen-bond donors (Lipinski definition) is 2. The first-order chi connectivity index (χ1) is 6.41. The first-order valence-electron chi connectivity index (χ1n) is 3.90. The molecule has 2 N–H and O–H groups in total. The lowest BCUT2D eigenvalue weighted by Crippen LogP contribution is -2.42. The van der Waals surface area contributed by atoms with Gasteiger partial charge >= 0.3 is 16.3 Å². The molecule has 14 heavy (non-hydrogen) atoms. The summed E-state index contributed by atoms with van der Waals surface area (Å²) in [6, 6.07) is 0. The van der Waals surface area contributed by atoms with Crippen LogP contribution >= 0.6 is 15.9 Å². The molecule has 0 radical (unpaired) electrons. The number of amides is 1. The molecular weight excluding hydrogens is 276 g/mol. The van der Waals surface area contributed by atoms with Crippen molar-refractivity contribution in [2.45, 2.75) is 18.2 Å². The van der Waals surface area contributed by atoms with Crippen molar-refractivity contribution in [1.82, 2.24) is 9.44 Å². The van der Waals surface area contributed by atoms with Crippen LogP contribution in [-0.2, 0) is 14.9 Å². The largest absolute Gasteiger partial charge is 0.452 e. The Labute approximate surface area is 91.7 Å². The Morgan fingerprint density at radius 2 is 2.14 bits per heavy atom. The minimum absolute atomic E-state index is 0.0386. The average Bonchev–Trinajstić information content (AvgIpc) is 2.13. The molecule has 8 heteroatoms. The Balaban J connectivity index is 4.03. The highest BCUT2D eigenvalue weighted by Crippen LogP contribution is 2.01. The number of hydrogen-bond acceptors (Lipinski definition) is 4. The molecule has 0 aliphatic heterocycles. The maximum Gasteiger partial charge on any atom is 0.421 e. The predicted molar refractivity (Wildman–Crippen MR) is 55.5 cm³/mol. The predicted octanol–water partition coefficient (Wildman–Crippen LogP) is 0.350. The summed E-state index contributed by atoms with van der Waals surface area (Å²) in [4.78, 5) is 10.6. The number of alkyl halides is 1. The van der Waals surface area contributed by atoms with E-state index in [0.29, 0.717) is 0 Å². The minimum Gasteiger partial charge on any atom is -0.452 e. The molecule has 0 aromatic heterocycles. The normalized spacial score (nSPS) is 13.4. The van der Waals surface area contributed by atoms with E-state index >= 15 is 0 Å². The summed E-state index contributed by atoms with van der Waals surface area (Å²) in [6.07, 6.45) is -0.235. The molecule has 0 saturated carbocycles. The third-order valence-electron chi connectivity index (χ3n) is 1.34. The molecule has 0 saturated heterocycles. The highest BCUT2D eigenvalue weighted by molar-refractivity contribution is 9.09. The SMILES string of the molecule is CCC(Br)CNS(=O)(=O)NC(=O)OC. The van der Waals surface area contributed by atoms with Crippen LogP contribution in [0.4, 0.5) is 4.79 Å². The maximum absolute atomic E-state index is 11.1. The molecule has 84 valence electrons. The number of carbonyl (C=O) groups excluding carboxylic acids is 1. The van der Waals surface area contributed by atoms with Crippen LogP contribution in [0.25, 0.3) is 0 Å². The Morgan fingerprint density at radius 1 is 1.57 bits per heavy atom. The fourth-order valence-corrected chi connectivity index (χ4v) is 1.70. The lowest BCUT2D eigenvalue weighted by molar-refractivity contribution is 0.177. The summed E-state index contributed by atoms with van der Waals surface area (Å²) in [5.41, 5.74) is 0. The molecule has 0 aromatic carbocycles. The first kappa shape index (κ1) is 13.7. The fourth-order valence-electron chi connectivity index (χ4n) is 0.532. The number of methoxy groups -OCH3 is 1. The van der Waals surface area contributed by atoms with E-state index in [1.807, 2.05) is 6.92 Å². The lowest BCUT2D eigenvalue weighted by atomic mass is 10.3. The molecule has 0 aliphatic carbocycles. The van der Waals surface area contributed by atoms with Crippen molar-refractivity contribution < 1.29 is 17.9 Å². The first-order valence-corrected chi connectivity index (χ1v) is 6.30. The van der Waals surface area contributed by atoms with E-state index in [-0.39, 0.29) is 11.4 Å². The van der Waals surface area contributed by atoms with Crippen LogP contribution in [0, 0.1) is 0 Å². The lowest BCUT2D eigenvalue weighted by Gasteiger charge is -2.09. The zero-order valence-corrected chi connectivity index (χ0v) is 10.3. The van der Waals surface area contributed by atoms with E-state index in [1.165, 1.54) is 0 Å². The van der Waals surface area contributed by atoms with Crippen molar-refractivity contribution in [3.05, 3.63) is 0 Å². The molecule has 0 aromatic rings. The van der Waals surface area contributed by atoms with Crippen LogP contribution in [-0.4, -0.2) is 33.0 Å². The standard InChI is InChI=1S/C6H13BrN2O4S/c1-3-5(7)4-8-14(11,12)9-6(10)13-2/h5,8H,3-4H2,1-2H3,(H,9,10). The van der Waals surface area contributed by atoms with Crippen LogP contribution in [0.2, 0.25) is 0 Å². The Kier molecular flexibility index (Phi) is 6.05. The number of rotatable bonds is 5. The number of carbonyl (C=O) groups is 1. The molecule has 0 aliphatic rings. The van der Waals surface area contributed by atoms with E-state index in [0.717, 1.165) is 13.5 Å². The van der Waals surface area contributed by atoms with Crippen LogP contribution in [0.5, 0.6) is 0 Å². The molecule has 0 rings (SSSR count). The quantitative estimate of drug-likeness (QED) is 0.715. The molecule has 0 spiro atoms. The molecule has 1 atom stereocenters. The van der Waals surface area contributed by atoms with Gasteiger partial charge < -0.3 is 4.74 Å². The summed E-state index contributed by atoms with van der Waals surface area (Å²) in [7, 11) is -2.72. The molecule has 0 fully saturated rings. The molecular formula is C6H13BrN2O4S. The van der Waals surface area contributed by atoms with Crippen molar-refractivity contribution in [2.24, 2.45) is 0 Å². The van der Waals surface area contributed by atoms with Crippen molar-refractivity contribution in [3.63, 3.8) is 0 Å². The van der Waals surface area contributed by atoms with Gasteiger partial charge in [-0.15, -0.1) is 0 Å². The molecule has 1 amide bonds. The zero-order chi connectivity index (χ0) is 11.2. The third-order valence-corrected chi connectivity index (χ3v) is 3.29. The van der Waals surface area contributed by atoms with Gasteiger partial charge in [0.05, 0.1) is 7.11 Å². The number of halogens is 1. The van der Waals surface area contributed by atoms with Crippen LogP contribution in [0.3, 0.4) is 0 Å². The van der Waals surface area contributed by atoms with Gasteiger partial charge in [-0.2, -0.15) is 13.1 Å². The van der Waals surface area contributed by atoms with Gasteiger partial charge in [-0.3, -0.25) is 0 Å². The molecule has 0 bridgehead atoms. The topological polar surface area (TPSA) is 84.5 Å². The smallest absolute Gasteiger partial charge is 0.421 e. The van der Waals surface area contributed by atoms with Gasteiger partial charge in [0.25, 0.3) is 0 Å². The molecule has 1 unspecified atom stereocenters. The molecule has 0 heterocycles. The Bertz CT molecular complexity index is 280. The summed E-state index contributed by atoms with van der Waals surface area (Å²) >= 11 is 3.24. The van der Waals surface area contributed by atoms with Gasteiger partial charge in [0.2, 0.25) is 0 Å². The number of nitrogens with one attached hydrogen (secondary N) is 2. The highest BCUT2D eigenvalue weighted by Gasteiger charge is 2.14. The summed E-state index contributed by atoms with van der Waals surface area (Å²) < 4.78 is 30.1. The summed E-state index contributed by atoms with van der Waals surface area (Å²) in [5.74, 6) is 0. The Morgan fingerprint density at radius 3 is 2.57 bits per heavy atom. The second kappa shape index (κ2) is 6.20. The van der Waals surface area contributed by atoms with Gasteiger partial charge in [0.1, 0.15) is 0 Å². The van der Waals surface area contributed by atoms with Crippen molar-refractivity contribution in [2.75, 3.05) is 13.7 Å². The average molecular weight is 289 g/mol. The maximum atomic E-state index is 11.1. The van der Waals surface area contributed by atoms with Crippen molar-refractivity contribution >= 4 is 32.2 Å². The fraction of sp³-hybridized carbons (Fsp3) is 0.833. The van der Waals surface area contributed by atoms with Gasteiger partial charge in [-0.1, -0.05) is 22.9 Å². The third kappa shape index (κ3) is 6.17. The van der Waals surface area contributed by atoms with E-state index < -0.39 is 16.3 Å². The van der Waals surface area contributed by atoms with Gasteiger partial charge in [-0.05, 0) is 6.42 Å². The van der Waals surface area contributed by atoms with E-state index in [4.69, 9.17) is 0 Å². The van der Waals surface area contributed by atoms with E-state index in [9.17, 15) is 13.2 Å². The second-order valence-electron chi connectivity index (χ2n) is 2.45. The van der Waals surface area contributed by atoms with Crippen LogP contribution < -0.4 is 9.44 Å². The Hall–Kier alpha value is -0.340. The van der Waals surface area contributed by atoms with Crippen molar-refractivity contribution in [3.8, 4) is 0 Å². The van der Waals surface area contributed by atoms with E-state index in [2.05, 4.69) is 25.4 Å². The van der Waals surface area contributed by atoms with Crippen LogP contribution in [0.15, 0.2) is 0 Å². The van der Waals surface area contributed by atoms with Gasteiger partial charge in [-0.25, -0.2) is 9.52 Å². The second-order valence-corrected chi connectivity index (χ2v) is 5.25. The van der Waals surface area contributed by atoms with Crippen LogP contribution in [0.1, 0.15) is 13.3 Å². The van der Waals surface area contributed by atoms with Crippen molar-refractivity contribution in [1.29, 1.82) is 0 Å². The number of ether oxygens (including phenoxy) is 1. The summed E-state index contributed by atoms with van der Waals surface area (Å²) in [5, 5.41) is 0. The van der Waals surface area contributed by atoms with Gasteiger partial charge in [0, 0.05) is 11.4 Å². The minimum atomic E-state index is -3.80. The highest BCUT2D eigenvalue weighted by atomic mass is 79.9. The monoisotopic (exact) mass is 288 g/mol. The van der Waals surface area contributed by atoms with Gasteiger partial charge in [0.15, 0.2) is 0 Å².